The van der Waals surface area contributed by atoms with Crippen molar-refractivity contribution in [2.24, 2.45) is 0 Å². The Hall–Kier alpha value is -3.08. The van der Waals surface area contributed by atoms with E-state index < -0.39 is 34.1 Å². The quantitative estimate of drug-likeness (QED) is 0.289. The third-order valence-electron chi connectivity index (χ3n) is 6.24. The molecule has 0 bridgehead atoms. The summed E-state index contributed by atoms with van der Waals surface area (Å²) in [6, 6.07) is 17.3. The van der Waals surface area contributed by atoms with Gasteiger partial charge in [0.1, 0.15) is 18.3 Å². The van der Waals surface area contributed by atoms with E-state index in [4.69, 9.17) is 16.3 Å². The molecule has 0 saturated heterocycles. The average Bonchev–Trinajstić information content (AvgIpc) is 2.90. The van der Waals surface area contributed by atoms with Crippen LogP contribution in [0.2, 0.25) is 5.02 Å². The third kappa shape index (κ3) is 8.47. The number of sulfonamides is 1. The zero-order valence-electron chi connectivity index (χ0n) is 23.9. The van der Waals surface area contributed by atoms with E-state index in [1.807, 2.05) is 27.7 Å². The first kappa shape index (κ1) is 32.4. The Morgan fingerprint density at radius 1 is 1.02 bits per heavy atom. The summed E-state index contributed by atoms with van der Waals surface area (Å²) in [6.45, 7) is 8.60. The normalized spacial score (nSPS) is 12.4. The Morgan fingerprint density at radius 2 is 1.63 bits per heavy atom. The molecule has 0 aliphatic carbocycles. The van der Waals surface area contributed by atoms with Crippen LogP contribution in [0.4, 0.5) is 5.69 Å². The molecule has 0 spiro atoms. The Balaban J connectivity index is 2.05. The van der Waals surface area contributed by atoms with Crippen LogP contribution in [-0.2, 0) is 26.2 Å². The second-order valence-electron chi connectivity index (χ2n) is 10.7. The first-order valence-electron chi connectivity index (χ1n) is 12.9. The van der Waals surface area contributed by atoms with Crippen molar-refractivity contribution >= 4 is 55.1 Å². The van der Waals surface area contributed by atoms with Crippen molar-refractivity contribution in [1.29, 1.82) is 0 Å². The molecule has 0 aliphatic rings. The van der Waals surface area contributed by atoms with Crippen LogP contribution >= 0.6 is 27.5 Å². The molecular weight excluding hydrogens is 630 g/mol. The van der Waals surface area contributed by atoms with Gasteiger partial charge in [-0.25, -0.2) is 8.42 Å². The molecule has 0 aromatic heterocycles. The minimum Gasteiger partial charge on any atom is -0.496 e. The number of rotatable bonds is 10. The van der Waals surface area contributed by atoms with Crippen molar-refractivity contribution in [2.75, 3.05) is 18.0 Å². The smallest absolute Gasteiger partial charge is 0.264 e. The van der Waals surface area contributed by atoms with Gasteiger partial charge in [0, 0.05) is 17.1 Å². The van der Waals surface area contributed by atoms with E-state index in [-0.39, 0.29) is 17.3 Å². The molecule has 3 aromatic rings. The molecule has 0 radical (unpaired) electrons. The predicted octanol–water partition coefficient (Wildman–Crippen LogP) is 5.95. The molecular formula is C30H35BrClN3O5S. The second-order valence-corrected chi connectivity index (χ2v) is 13.9. The number of nitrogens with one attached hydrogen (secondary N) is 1. The number of ether oxygens (including phenoxy) is 1. The Labute approximate surface area is 255 Å². The van der Waals surface area contributed by atoms with E-state index in [9.17, 15) is 18.0 Å². The summed E-state index contributed by atoms with van der Waals surface area (Å²) in [6.07, 6.45) is 0. The number of nitrogens with zero attached hydrogens (tertiary/aromatic N) is 2. The third-order valence-corrected chi connectivity index (χ3v) is 8.89. The van der Waals surface area contributed by atoms with Gasteiger partial charge in [0.2, 0.25) is 11.8 Å². The summed E-state index contributed by atoms with van der Waals surface area (Å²) in [5.41, 5.74) is 1.46. The standard InChI is InChI=1S/C30H35BrClN3O5S/c1-20-7-13-24(14-8-20)35(41(38,39)25-15-16-27(40-6)26(31)17-25)19-28(36)34(18-22-9-11-23(32)12-10-22)21(2)29(37)33-30(3,4)5/h7-17,21H,18-19H2,1-6H3,(H,33,37). The van der Waals surface area contributed by atoms with Crippen LogP contribution < -0.4 is 14.4 Å². The first-order valence-corrected chi connectivity index (χ1v) is 15.5. The summed E-state index contributed by atoms with van der Waals surface area (Å²) in [5.74, 6) is -0.438. The van der Waals surface area contributed by atoms with E-state index in [0.717, 1.165) is 15.4 Å². The van der Waals surface area contributed by atoms with E-state index in [1.54, 1.807) is 55.5 Å². The number of methoxy groups -OCH3 is 1. The first-order chi connectivity index (χ1) is 19.1. The lowest BCUT2D eigenvalue weighted by atomic mass is 10.1. The van der Waals surface area contributed by atoms with Gasteiger partial charge in [0.15, 0.2) is 0 Å². The van der Waals surface area contributed by atoms with E-state index in [0.29, 0.717) is 20.9 Å². The number of carbonyl (C=O) groups is 2. The second kappa shape index (κ2) is 13.3. The number of benzene rings is 3. The van der Waals surface area contributed by atoms with Crippen molar-refractivity contribution in [1.82, 2.24) is 10.2 Å². The number of halogens is 2. The lowest BCUT2D eigenvalue weighted by Crippen LogP contribution is -2.54. The van der Waals surface area contributed by atoms with Gasteiger partial charge in [0.25, 0.3) is 10.0 Å². The summed E-state index contributed by atoms with van der Waals surface area (Å²) in [7, 11) is -2.73. The maximum Gasteiger partial charge on any atom is 0.264 e. The lowest BCUT2D eigenvalue weighted by Gasteiger charge is -2.33. The molecule has 2 amide bonds. The molecule has 11 heteroatoms. The van der Waals surface area contributed by atoms with E-state index in [2.05, 4.69) is 21.2 Å². The predicted molar refractivity (Wildman–Crippen MR) is 166 cm³/mol. The van der Waals surface area contributed by atoms with E-state index >= 15 is 0 Å². The van der Waals surface area contributed by atoms with Gasteiger partial charge >= 0.3 is 0 Å². The van der Waals surface area contributed by atoms with Crippen LogP contribution in [0, 0.1) is 6.92 Å². The molecule has 1 atom stereocenters. The van der Waals surface area contributed by atoms with Crippen molar-refractivity contribution < 1.29 is 22.7 Å². The minimum atomic E-state index is -4.21. The maximum absolute atomic E-state index is 14.0. The fourth-order valence-electron chi connectivity index (χ4n) is 4.02. The van der Waals surface area contributed by atoms with Crippen LogP contribution in [0.1, 0.15) is 38.8 Å². The highest BCUT2D eigenvalue weighted by Crippen LogP contribution is 2.31. The number of carbonyl (C=O) groups excluding carboxylic acids is 2. The van der Waals surface area contributed by atoms with Crippen molar-refractivity contribution in [2.45, 2.75) is 57.6 Å². The lowest BCUT2D eigenvalue weighted by molar-refractivity contribution is -0.140. The summed E-state index contributed by atoms with van der Waals surface area (Å²) < 4.78 is 34.8. The Morgan fingerprint density at radius 3 is 2.17 bits per heavy atom. The number of hydrogen-bond donors (Lipinski definition) is 1. The van der Waals surface area contributed by atoms with Crippen LogP contribution in [-0.4, -0.2) is 50.4 Å². The topological polar surface area (TPSA) is 96.0 Å². The van der Waals surface area contributed by atoms with Gasteiger partial charge in [-0.3, -0.25) is 13.9 Å². The number of hydrogen-bond acceptors (Lipinski definition) is 5. The molecule has 3 aromatic carbocycles. The molecule has 0 aliphatic heterocycles. The molecule has 41 heavy (non-hydrogen) atoms. The van der Waals surface area contributed by atoms with Crippen molar-refractivity contribution in [3.63, 3.8) is 0 Å². The Bertz CT molecular complexity index is 1490. The molecule has 0 saturated carbocycles. The van der Waals surface area contributed by atoms with Crippen LogP contribution in [0.5, 0.6) is 5.75 Å². The van der Waals surface area contributed by atoms with Gasteiger partial charge in [-0.1, -0.05) is 41.4 Å². The van der Waals surface area contributed by atoms with Gasteiger partial charge in [-0.2, -0.15) is 0 Å². The number of anilines is 1. The minimum absolute atomic E-state index is 0.0266. The highest BCUT2D eigenvalue weighted by atomic mass is 79.9. The molecule has 220 valence electrons. The monoisotopic (exact) mass is 663 g/mol. The molecule has 0 heterocycles. The highest BCUT2D eigenvalue weighted by Gasteiger charge is 2.33. The molecule has 3 rings (SSSR count). The van der Waals surface area contributed by atoms with Crippen LogP contribution in [0.25, 0.3) is 0 Å². The molecule has 8 nitrogen and oxygen atoms in total. The fourth-order valence-corrected chi connectivity index (χ4v) is 6.28. The Kier molecular flexibility index (Phi) is 10.5. The maximum atomic E-state index is 14.0. The van der Waals surface area contributed by atoms with Crippen LogP contribution in [0.15, 0.2) is 76.1 Å². The fraction of sp³-hybridized carbons (Fsp3) is 0.333. The van der Waals surface area contributed by atoms with Crippen molar-refractivity contribution in [3.8, 4) is 5.75 Å². The zero-order chi connectivity index (χ0) is 30.5. The molecule has 1 unspecified atom stereocenters. The van der Waals surface area contributed by atoms with Gasteiger partial charge in [-0.15, -0.1) is 0 Å². The van der Waals surface area contributed by atoms with Gasteiger partial charge in [0.05, 0.1) is 22.2 Å². The molecule has 1 N–H and O–H groups in total. The highest BCUT2D eigenvalue weighted by molar-refractivity contribution is 9.10. The van der Waals surface area contributed by atoms with E-state index in [1.165, 1.54) is 30.2 Å². The number of amides is 2. The summed E-state index contributed by atoms with van der Waals surface area (Å²) in [5, 5.41) is 3.45. The summed E-state index contributed by atoms with van der Waals surface area (Å²) in [4.78, 5) is 28.5. The zero-order valence-corrected chi connectivity index (χ0v) is 27.1. The molecule has 0 fully saturated rings. The average molecular weight is 665 g/mol. The summed E-state index contributed by atoms with van der Waals surface area (Å²) >= 11 is 9.41. The SMILES string of the molecule is COc1ccc(S(=O)(=O)N(CC(=O)N(Cc2ccc(Cl)cc2)C(C)C(=O)NC(C)(C)C)c2ccc(C)cc2)cc1Br. The largest absolute Gasteiger partial charge is 0.496 e. The van der Waals surface area contributed by atoms with Gasteiger partial charge in [-0.05, 0) is 98.6 Å². The van der Waals surface area contributed by atoms with Gasteiger partial charge < -0.3 is 15.0 Å². The van der Waals surface area contributed by atoms with Crippen LogP contribution in [0.3, 0.4) is 0 Å². The van der Waals surface area contributed by atoms with Crippen molar-refractivity contribution in [3.05, 3.63) is 87.4 Å². The number of aryl methyl sites for hydroxylation is 1.